The molecule has 126 valence electrons. The average molecular weight is 344 g/mol. The summed E-state index contributed by atoms with van der Waals surface area (Å²) in [6, 6.07) is 9.01. The zero-order chi connectivity index (χ0) is 17.5. The molecule has 24 heavy (non-hydrogen) atoms. The number of hydrogen-bond acceptors (Lipinski definition) is 5. The highest BCUT2D eigenvalue weighted by Gasteiger charge is 2.14. The summed E-state index contributed by atoms with van der Waals surface area (Å²) < 4.78 is 10.6. The van der Waals surface area contributed by atoms with Gasteiger partial charge in [-0.05, 0) is 43.7 Å². The molecule has 0 saturated carbocycles. The normalized spacial score (nSPS) is 10.8. The Bertz CT molecular complexity index is 758. The Kier molecular flexibility index (Phi) is 6.32. The minimum absolute atomic E-state index is 0.0373. The topological polar surface area (TPSA) is 52.6 Å². The molecule has 1 heterocycles. The maximum Gasteiger partial charge on any atom is 0.311 e. The van der Waals surface area contributed by atoms with E-state index in [0.29, 0.717) is 16.4 Å². The van der Waals surface area contributed by atoms with Gasteiger partial charge < -0.3 is 9.47 Å². The van der Waals surface area contributed by atoms with Gasteiger partial charge in [-0.2, -0.15) is 0 Å². The van der Waals surface area contributed by atoms with Crippen LogP contribution < -0.4 is 9.47 Å². The summed E-state index contributed by atoms with van der Waals surface area (Å²) in [5.74, 6) is 0.350. The third kappa shape index (κ3) is 4.80. The molecule has 0 spiro atoms. The molecule has 5 heteroatoms. The van der Waals surface area contributed by atoms with E-state index in [4.69, 9.17) is 9.47 Å². The lowest BCUT2D eigenvalue weighted by atomic mass is 10.2. The summed E-state index contributed by atoms with van der Waals surface area (Å²) in [5, 5.41) is 0. The number of esters is 1. The summed E-state index contributed by atoms with van der Waals surface area (Å²) >= 11 is 1.44. The fourth-order valence-corrected chi connectivity index (χ4v) is 3.00. The number of methoxy groups -OCH3 is 1. The van der Waals surface area contributed by atoms with Gasteiger partial charge >= 0.3 is 5.97 Å². The van der Waals surface area contributed by atoms with Gasteiger partial charge in [0.15, 0.2) is 17.3 Å². The summed E-state index contributed by atoms with van der Waals surface area (Å²) in [7, 11) is 1.52. The van der Waals surface area contributed by atoms with Gasteiger partial charge in [-0.3, -0.25) is 9.59 Å². The van der Waals surface area contributed by atoms with Crippen LogP contribution >= 0.6 is 11.3 Å². The Balaban J connectivity index is 1.95. The number of hydrogen-bond donors (Lipinski definition) is 0. The van der Waals surface area contributed by atoms with E-state index in [1.807, 2.05) is 38.1 Å². The van der Waals surface area contributed by atoms with Gasteiger partial charge in [0.2, 0.25) is 0 Å². The van der Waals surface area contributed by atoms with Crippen molar-refractivity contribution in [3.63, 3.8) is 0 Å². The Hall–Kier alpha value is -2.40. The zero-order valence-electron chi connectivity index (χ0n) is 14.0. The van der Waals surface area contributed by atoms with Crippen molar-refractivity contribution in [3.05, 3.63) is 51.7 Å². The van der Waals surface area contributed by atoms with Crippen molar-refractivity contribution < 1.29 is 19.1 Å². The molecule has 0 aliphatic carbocycles. The molecule has 1 aromatic heterocycles. The van der Waals surface area contributed by atoms with E-state index in [9.17, 15) is 9.59 Å². The predicted molar refractivity (Wildman–Crippen MR) is 96.0 cm³/mol. The second kappa shape index (κ2) is 8.45. The van der Waals surface area contributed by atoms with Crippen LogP contribution in [0.5, 0.6) is 11.5 Å². The second-order valence-electron chi connectivity index (χ2n) is 5.22. The van der Waals surface area contributed by atoms with E-state index in [1.165, 1.54) is 18.4 Å². The van der Waals surface area contributed by atoms with Crippen molar-refractivity contribution in [3.8, 4) is 11.5 Å². The molecule has 0 N–H and O–H groups in total. The zero-order valence-corrected chi connectivity index (χ0v) is 14.8. The Morgan fingerprint density at radius 2 is 1.92 bits per heavy atom. The molecule has 0 saturated heterocycles. The van der Waals surface area contributed by atoms with Crippen molar-refractivity contribution in [2.45, 2.75) is 26.7 Å². The van der Waals surface area contributed by atoms with Gasteiger partial charge in [-0.15, -0.1) is 11.3 Å². The van der Waals surface area contributed by atoms with Crippen LogP contribution in [0.2, 0.25) is 0 Å². The van der Waals surface area contributed by atoms with Gasteiger partial charge in [0.05, 0.1) is 18.4 Å². The fourth-order valence-electron chi connectivity index (χ4n) is 2.16. The van der Waals surface area contributed by atoms with Crippen LogP contribution in [-0.4, -0.2) is 18.9 Å². The van der Waals surface area contributed by atoms with Gasteiger partial charge in [-0.25, -0.2) is 0 Å². The monoisotopic (exact) mass is 344 g/mol. The maximum atomic E-state index is 12.0. The van der Waals surface area contributed by atoms with Crippen molar-refractivity contribution in [1.82, 2.24) is 0 Å². The van der Waals surface area contributed by atoms with Crippen molar-refractivity contribution in [2.24, 2.45) is 0 Å². The number of benzene rings is 1. The van der Waals surface area contributed by atoms with Gasteiger partial charge in [-0.1, -0.05) is 18.2 Å². The van der Waals surface area contributed by atoms with E-state index in [2.05, 4.69) is 0 Å². The van der Waals surface area contributed by atoms with E-state index >= 15 is 0 Å². The molecule has 0 fully saturated rings. The number of aryl methyl sites for hydroxylation is 1. The van der Waals surface area contributed by atoms with Crippen LogP contribution in [-0.2, 0) is 4.79 Å². The van der Waals surface area contributed by atoms with Gasteiger partial charge in [0.1, 0.15) is 0 Å². The number of carbonyl (C=O) groups is 2. The number of ketones is 1. The number of ether oxygens (including phenoxy) is 2. The molecule has 2 aromatic rings. The fraction of sp³-hybridized carbons (Fsp3) is 0.263. The highest BCUT2D eigenvalue weighted by Crippen LogP contribution is 2.29. The highest BCUT2D eigenvalue weighted by molar-refractivity contribution is 7.14. The van der Waals surface area contributed by atoms with Crippen molar-refractivity contribution >= 4 is 29.2 Å². The van der Waals surface area contributed by atoms with Crippen LogP contribution in [0.1, 0.15) is 39.9 Å². The average Bonchev–Trinajstić information content (AvgIpc) is 3.01. The first-order valence-corrected chi connectivity index (χ1v) is 8.46. The van der Waals surface area contributed by atoms with Gasteiger partial charge in [0, 0.05) is 11.3 Å². The summed E-state index contributed by atoms with van der Waals surface area (Å²) in [6.07, 6.45) is 4.02. The molecular weight excluding hydrogens is 324 g/mol. The Morgan fingerprint density at radius 1 is 1.12 bits per heavy atom. The van der Waals surface area contributed by atoms with Crippen molar-refractivity contribution in [1.29, 1.82) is 0 Å². The largest absolute Gasteiger partial charge is 0.493 e. The molecule has 0 unspecified atom stereocenters. The van der Waals surface area contributed by atoms with Crippen LogP contribution in [0, 0.1) is 6.92 Å². The quantitative estimate of drug-likeness (QED) is 0.416. The molecule has 0 radical (unpaired) electrons. The van der Waals surface area contributed by atoms with Crippen LogP contribution in [0.3, 0.4) is 0 Å². The highest BCUT2D eigenvalue weighted by atomic mass is 32.1. The molecule has 2 rings (SSSR count). The van der Waals surface area contributed by atoms with Crippen LogP contribution in [0.25, 0.3) is 6.08 Å². The summed E-state index contributed by atoms with van der Waals surface area (Å²) in [5.41, 5.74) is 0.956. The molecule has 0 aliphatic heterocycles. The predicted octanol–water partition coefficient (Wildman–Crippen LogP) is 4.67. The molecular formula is C19H20O4S. The molecule has 0 amide bonds. The summed E-state index contributed by atoms with van der Waals surface area (Å²) in [4.78, 5) is 25.8. The third-order valence-corrected chi connectivity index (χ3v) is 4.38. The van der Waals surface area contributed by atoms with E-state index in [1.54, 1.807) is 18.2 Å². The minimum atomic E-state index is -0.450. The SMILES string of the molecule is C/C=C/c1ccc(OC(=O)CCC(=O)c2ccc(C)s2)c(OC)c1. The summed E-state index contributed by atoms with van der Waals surface area (Å²) in [6.45, 7) is 3.87. The molecule has 1 aromatic carbocycles. The minimum Gasteiger partial charge on any atom is -0.493 e. The molecule has 0 aliphatic rings. The van der Waals surface area contributed by atoms with E-state index < -0.39 is 5.97 Å². The standard InChI is InChI=1S/C19H20O4S/c1-4-5-14-7-9-16(17(12-14)22-3)23-19(21)11-8-15(20)18-10-6-13(2)24-18/h4-7,9-10,12H,8,11H2,1-3H3/b5-4+. The first-order valence-electron chi connectivity index (χ1n) is 7.64. The number of Topliss-reactive ketones (excluding diaryl/α,β-unsaturated/α-hetero) is 1. The Morgan fingerprint density at radius 3 is 2.54 bits per heavy atom. The molecule has 0 atom stereocenters. The van der Waals surface area contributed by atoms with Gasteiger partial charge in [0.25, 0.3) is 0 Å². The van der Waals surface area contributed by atoms with E-state index in [-0.39, 0.29) is 18.6 Å². The molecule has 4 nitrogen and oxygen atoms in total. The number of rotatable bonds is 7. The molecule has 0 bridgehead atoms. The third-order valence-electron chi connectivity index (χ3n) is 3.34. The first kappa shape index (κ1) is 17.9. The smallest absolute Gasteiger partial charge is 0.311 e. The maximum absolute atomic E-state index is 12.0. The number of carbonyl (C=O) groups excluding carboxylic acids is 2. The lowest BCUT2D eigenvalue weighted by Gasteiger charge is -2.09. The Labute approximate surface area is 145 Å². The van der Waals surface area contributed by atoms with Crippen molar-refractivity contribution in [2.75, 3.05) is 7.11 Å². The van der Waals surface area contributed by atoms with Crippen LogP contribution in [0.4, 0.5) is 0 Å². The lowest BCUT2D eigenvalue weighted by Crippen LogP contribution is -2.11. The number of allylic oxidation sites excluding steroid dienone is 1. The number of thiophene rings is 1. The first-order chi connectivity index (χ1) is 11.5. The lowest BCUT2D eigenvalue weighted by molar-refractivity contribution is -0.134. The van der Waals surface area contributed by atoms with Crippen LogP contribution in [0.15, 0.2) is 36.4 Å². The second-order valence-corrected chi connectivity index (χ2v) is 6.51. The van der Waals surface area contributed by atoms with E-state index in [0.717, 1.165) is 10.4 Å².